The summed E-state index contributed by atoms with van der Waals surface area (Å²) in [6.45, 7) is 2.87. The number of hydrogen-bond acceptors (Lipinski definition) is 3. The average Bonchev–Trinajstić information content (AvgIpc) is 2.82. The van der Waals surface area contributed by atoms with Crippen LogP contribution in [0.25, 0.3) is 10.9 Å². The van der Waals surface area contributed by atoms with Gasteiger partial charge in [-0.15, -0.1) is 0 Å². The van der Waals surface area contributed by atoms with E-state index in [1.165, 1.54) is 10.9 Å². The van der Waals surface area contributed by atoms with Gasteiger partial charge >= 0.3 is 0 Å². The highest BCUT2D eigenvalue weighted by Crippen LogP contribution is 2.18. The molecule has 0 amide bonds. The minimum Gasteiger partial charge on any atom is -0.362 e. The Bertz CT molecular complexity index is 589. The Morgan fingerprint density at radius 2 is 2.28 bits per heavy atom. The van der Waals surface area contributed by atoms with Crippen LogP contribution in [-0.4, -0.2) is 21.9 Å². The van der Waals surface area contributed by atoms with Gasteiger partial charge in [0.15, 0.2) is 5.17 Å². The predicted octanol–water partition coefficient (Wildman–Crippen LogP) is 2.82. The SMILES string of the molecule is CC1CSC(=NCc2cccc3cccnc23)N1. The first-order chi connectivity index (χ1) is 8.83. The van der Waals surface area contributed by atoms with Gasteiger partial charge in [-0.2, -0.15) is 0 Å². The molecule has 1 aromatic heterocycles. The summed E-state index contributed by atoms with van der Waals surface area (Å²) in [4.78, 5) is 9.07. The van der Waals surface area contributed by atoms with Crippen molar-refractivity contribution in [2.75, 3.05) is 5.75 Å². The van der Waals surface area contributed by atoms with E-state index in [-0.39, 0.29) is 0 Å². The van der Waals surface area contributed by atoms with Crippen LogP contribution in [0.15, 0.2) is 41.5 Å². The van der Waals surface area contributed by atoms with Gasteiger partial charge in [-0.1, -0.05) is 36.0 Å². The molecular formula is C14H15N3S. The lowest BCUT2D eigenvalue weighted by molar-refractivity contribution is 0.764. The minimum absolute atomic E-state index is 0.527. The molecule has 1 aliphatic heterocycles. The summed E-state index contributed by atoms with van der Waals surface area (Å²) in [6.07, 6.45) is 1.84. The molecule has 3 rings (SSSR count). The fraction of sp³-hybridized carbons (Fsp3) is 0.286. The Labute approximate surface area is 111 Å². The molecule has 1 unspecified atom stereocenters. The molecule has 92 valence electrons. The van der Waals surface area contributed by atoms with Crippen LogP contribution in [-0.2, 0) is 6.54 Å². The molecule has 0 spiro atoms. The molecule has 1 aliphatic rings. The number of amidine groups is 1. The highest BCUT2D eigenvalue weighted by atomic mass is 32.2. The molecule has 18 heavy (non-hydrogen) atoms. The Morgan fingerprint density at radius 3 is 3.11 bits per heavy atom. The monoisotopic (exact) mass is 257 g/mol. The van der Waals surface area contributed by atoms with Crippen LogP contribution in [0, 0.1) is 0 Å². The third-order valence-electron chi connectivity index (χ3n) is 2.95. The summed E-state index contributed by atoms with van der Waals surface area (Å²) >= 11 is 1.79. The first kappa shape index (κ1) is 11.5. The smallest absolute Gasteiger partial charge is 0.157 e. The molecule has 1 atom stereocenters. The van der Waals surface area contributed by atoms with Gasteiger partial charge < -0.3 is 5.32 Å². The Kier molecular flexibility index (Phi) is 3.19. The van der Waals surface area contributed by atoms with Crippen LogP contribution in [0.2, 0.25) is 0 Å². The van der Waals surface area contributed by atoms with Crippen molar-refractivity contribution in [2.45, 2.75) is 19.5 Å². The second-order valence-electron chi connectivity index (χ2n) is 4.47. The summed E-state index contributed by atoms with van der Waals surface area (Å²) < 4.78 is 0. The van der Waals surface area contributed by atoms with Gasteiger partial charge in [0.05, 0.1) is 12.1 Å². The standard InChI is InChI=1S/C14H15N3S/c1-10-9-18-14(17-10)16-8-12-5-2-4-11-6-3-7-15-13(11)12/h2-7,10H,8-9H2,1H3,(H,16,17). The van der Waals surface area contributed by atoms with Crippen LogP contribution < -0.4 is 5.32 Å². The van der Waals surface area contributed by atoms with Gasteiger partial charge in [0.25, 0.3) is 0 Å². The molecule has 0 aliphatic carbocycles. The number of rotatable bonds is 2. The normalized spacial score (nSPS) is 21.4. The maximum atomic E-state index is 4.62. The zero-order chi connectivity index (χ0) is 12.4. The number of fused-ring (bicyclic) bond motifs is 1. The van der Waals surface area contributed by atoms with Crippen molar-refractivity contribution in [3.05, 3.63) is 42.1 Å². The molecule has 0 radical (unpaired) electrons. The van der Waals surface area contributed by atoms with Crippen LogP contribution in [0.5, 0.6) is 0 Å². The lowest BCUT2D eigenvalue weighted by atomic mass is 10.1. The molecule has 1 saturated heterocycles. The van der Waals surface area contributed by atoms with Crippen molar-refractivity contribution in [3.63, 3.8) is 0 Å². The number of hydrogen-bond donors (Lipinski definition) is 1. The van der Waals surface area contributed by atoms with E-state index in [1.807, 2.05) is 12.3 Å². The number of aromatic nitrogens is 1. The van der Waals surface area contributed by atoms with Crippen LogP contribution in [0.4, 0.5) is 0 Å². The lowest BCUT2D eigenvalue weighted by Crippen LogP contribution is -2.23. The molecule has 1 N–H and O–H groups in total. The van der Waals surface area contributed by atoms with E-state index < -0.39 is 0 Å². The largest absolute Gasteiger partial charge is 0.362 e. The highest BCUT2D eigenvalue weighted by Gasteiger charge is 2.15. The van der Waals surface area contributed by atoms with Crippen molar-refractivity contribution >= 4 is 27.8 Å². The summed E-state index contributed by atoms with van der Waals surface area (Å²) in [6, 6.07) is 10.8. The molecule has 3 nitrogen and oxygen atoms in total. The molecule has 4 heteroatoms. The molecular weight excluding hydrogens is 242 g/mol. The quantitative estimate of drug-likeness (QED) is 0.899. The van der Waals surface area contributed by atoms with Gasteiger partial charge in [0.1, 0.15) is 0 Å². The first-order valence-corrected chi connectivity index (χ1v) is 7.08. The van der Waals surface area contributed by atoms with E-state index in [1.54, 1.807) is 11.8 Å². The van der Waals surface area contributed by atoms with E-state index >= 15 is 0 Å². The van der Waals surface area contributed by atoms with Gasteiger partial charge in [-0.3, -0.25) is 9.98 Å². The van der Waals surface area contributed by atoms with Crippen LogP contribution >= 0.6 is 11.8 Å². The van der Waals surface area contributed by atoms with E-state index in [2.05, 4.69) is 46.5 Å². The summed E-state index contributed by atoms with van der Waals surface area (Å²) in [5, 5.41) is 5.59. The van der Waals surface area contributed by atoms with Crippen molar-refractivity contribution < 1.29 is 0 Å². The molecule has 1 fully saturated rings. The van der Waals surface area contributed by atoms with Gasteiger partial charge in [0.2, 0.25) is 0 Å². The van der Waals surface area contributed by atoms with Crippen LogP contribution in [0.3, 0.4) is 0 Å². The number of pyridine rings is 1. The summed E-state index contributed by atoms with van der Waals surface area (Å²) in [5.41, 5.74) is 2.24. The van der Waals surface area contributed by atoms with E-state index in [0.717, 1.165) is 16.4 Å². The number of aliphatic imine (C=N–C) groups is 1. The number of para-hydroxylation sites is 1. The number of benzene rings is 1. The number of nitrogens with zero attached hydrogens (tertiary/aromatic N) is 2. The fourth-order valence-electron chi connectivity index (χ4n) is 2.04. The maximum absolute atomic E-state index is 4.62. The zero-order valence-electron chi connectivity index (χ0n) is 10.3. The number of nitrogens with one attached hydrogen (secondary N) is 1. The molecule has 0 saturated carbocycles. The average molecular weight is 257 g/mol. The van der Waals surface area contributed by atoms with E-state index in [9.17, 15) is 0 Å². The molecule has 2 heterocycles. The minimum atomic E-state index is 0.527. The second kappa shape index (κ2) is 4.98. The van der Waals surface area contributed by atoms with Crippen molar-refractivity contribution in [1.82, 2.24) is 10.3 Å². The summed E-state index contributed by atoms with van der Waals surface area (Å²) in [7, 11) is 0. The maximum Gasteiger partial charge on any atom is 0.157 e. The lowest BCUT2D eigenvalue weighted by Gasteiger charge is -2.04. The second-order valence-corrected chi connectivity index (χ2v) is 5.48. The topological polar surface area (TPSA) is 37.3 Å². The number of thioether (sulfide) groups is 1. The predicted molar refractivity (Wildman–Crippen MR) is 77.9 cm³/mol. The Balaban J connectivity index is 1.87. The third kappa shape index (κ3) is 2.34. The van der Waals surface area contributed by atoms with E-state index in [4.69, 9.17) is 0 Å². The van der Waals surface area contributed by atoms with Gasteiger partial charge in [0, 0.05) is 23.4 Å². The third-order valence-corrected chi connectivity index (χ3v) is 4.14. The first-order valence-electron chi connectivity index (χ1n) is 6.09. The Hall–Kier alpha value is -1.55. The molecule has 2 aromatic rings. The molecule has 0 bridgehead atoms. The zero-order valence-corrected chi connectivity index (χ0v) is 11.1. The van der Waals surface area contributed by atoms with Crippen molar-refractivity contribution in [1.29, 1.82) is 0 Å². The van der Waals surface area contributed by atoms with Crippen molar-refractivity contribution in [2.24, 2.45) is 4.99 Å². The summed E-state index contributed by atoms with van der Waals surface area (Å²) in [5.74, 6) is 1.10. The van der Waals surface area contributed by atoms with Crippen LogP contribution in [0.1, 0.15) is 12.5 Å². The van der Waals surface area contributed by atoms with E-state index in [0.29, 0.717) is 12.6 Å². The molecule has 1 aromatic carbocycles. The van der Waals surface area contributed by atoms with Gasteiger partial charge in [-0.25, -0.2) is 0 Å². The van der Waals surface area contributed by atoms with Gasteiger partial charge in [-0.05, 0) is 18.6 Å². The Morgan fingerprint density at radius 1 is 1.39 bits per heavy atom. The highest BCUT2D eigenvalue weighted by molar-refractivity contribution is 8.14. The van der Waals surface area contributed by atoms with Crippen molar-refractivity contribution in [3.8, 4) is 0 Å². The fourth-order valence-corrected chi connectivity index (χ4v) is 2.97.